The van der Waals surface area contributed by atoms with Gasteiger partial charge in [0.1, 0.15) is 23.0 Å². The van der Waals surface area contributed by atoms with Gasteiger partial charge in [-0.05, 0) is 46.9 Å². The molecule has 0 spiro atoms. The molecule has 0 heterocycles. The van der Waals surface area contributed by atoms with Crippen molar-refractivity contribution >= 4 is 22.6 Å². The largest absolute Gasteiger partial charge is 0.507 e. The normalized spacial score (nSPS) is 10.4. The summed E-state index contributed by atoms with van der Waals surface area (Å²) in [5.41, 5.74) is 1.15. The second kappa shape index (κ2) is 7.55. The zero-order chi connectivity index (χ0) is 16.1. The third kappa shape index (κ3) is 3.22. The molecule has 22 heavy (non-hydrogen) atoms. The highest BCUT2D eigenvalue weighted by Crippen LogP contribution is 2.48. The van der Waals surface area contributed by atoms with E-state index in [1.165, 1.54) is 7.11 Å². The molecule has 0 saturated heterocycles. The first-order chi connectivity index (χ1) is 10.6. The molecule has 0 aromatic heterocycles. The van der Waals surface area contributed by atoms with E-state index in [9.17, 15) is 5.11 Å². The second-order valence-electron chi connectivity index (χ2n) is 4.36. The highest BCUT2D eigenvalue weighted by atomic mass is 127. The zero-order valence-corrected chi connectivity index (χ0v) is 14.7. The molecule has 0 unspecified atom stereocenters. The van der Waals surface area contributed by atoms with Crippen molar-refractivity contribution in [1.29, 1.82) is 0 Å². The summed E-state index contributed by atoms with van der Waals surface area (Å²) in [5.74, 6) is 1.76. The number of phenolic OH excluding ortho intramolecular Hbond substituents is 1. The molecule has 6 heteroatoms. The van der Waals surface area contributed by atoms with E-state index in [1.807, 2.05) is 12.1 Å². The number of hydrogen-bond donors (Lipinski definition) is 1. The summed E-state index contributed by atoms with van der Waals surface area (Å²) in [6.07, 6.45) is 0. The molecule has 0 aliphatic heterocycles. The van der Waals surface area contributed by atoms with E-state index in [0.29, 0.717) is 28.4 Å². The van der Waals surface area contributed by atoms with Crippen molar-refractivity contribution in [2.75, 3.05) is 28.1 Å². The number of ether oxygens (including phenoxy) is 4. The summed E-state index contributed by atoms with van der Waals surface area (Å²) in [5, 5.41) is 10.3. The molecule has 0 bridgehead atoms. The van der Waals surface area contributed by atoms with E-state index < -0.39 is 0 Å². The molecular formula is C16H17IO5. The Labute approximate surface area is 142 Å². The van der Waals surface area contributed by atoms with Crippen LogP contribution in [0.15, 0.2) is 30.3 Å². The Hall–Kier alpha value is -1.67. The van der Waals surface area contributed by atoms with Crippen molar-refractivity contribution in [2.45, 2.75) is 0 Å². The van der Waals surface area contributed by atoms with Gasteiger partial charge in [-0.15, -0.1) is 0 Å². The predicted octanol–water partition coefficient (Wildman–Crippen LogP) is 3.66. The molecule has 0 aliphatic carbocycles. The lowest BCUT2D eigenvalue weighted by Crippen LogP contribution is -2.02. The maximum absolute atomic E-state index is 10.3. The highest BCUT2D eigenvalue weighted by Gasteiger charge is 2.22. The fourth-order valence-electron chi connectivity index (χ4n) is 2.16. The average molecular weight is 416 g/mol. The lowest BCUT2D eigenvalue weighted by atomic mass is 10.0. The first-order valence-corrected chi connectivity index (χ1v) is 7.56. The van der Waals surface area contributed by atoms with Crippen LogP contribution in [0.1, 0.15) is 0 Å². The van der Waals surface area contributed by atoms with Crippen LogP contribution in [0.2, 0.25) is 0 Å². The van der Waals surface area contributed by atoms with Crippen molar-refractivity contribution in [3.8, 4) is 34.1 Å². The van der Waals surface area contributed by atoms with Crippen LogP contribution in [-0.2, 0) is 4.74 Å². The van der Waals surface area contributed by atoms with Gasteiger partial charge in [-0.3, -0.25) is 0 Å². The number of phenols is 1. The number of halogens is 1. The van der Waals surface area contributed by atoms with Crippen molar-refractivity contribution in [3.05, 3.63) is 33.9 Å². The molecule has 0 atom stereocenters. The Bertz CT molecular complexity index is 657. The van der Waals surface area contributed by atoms with E-state index in [-0.39, 0.29) is 12.5 Å². The van der Waals surface area contributed by atoms with Gasteiger partial charge >= 0.3 is 0 Å². The maximum atomic E-state index is 10.3. The van der Waals surface area contributed by atoms with Gasteiger partial charge < -0.3 is 24.1 Å². The zero-order valence-electron chi connectivity index (χ0n) is 12.6. The molecule has 5 nitrogen and oxygen atoms in total. The van der Waals surface area contributed by atoms with Crippen LogP contribution in [0.4, 0.5) is 0 Å². The topological polar surface area (TPSA) is 57.2 Å². The van der Waals surface area contributed by atoms with Gasteiger partial charge in [0.25, 0.3) is 0 Å². The molecule has 118 valence electrons. The summed E-state index contributed by atoms with van der Waals surface area (Å²) in [7, 11) is 4.69. The molecule has 2 rings (SSSR count). The SMILES string of the molecule is COCOc1cccc(O)c1-c1c(OC)ccc(I)c1OC. The van der Waals surface area contributed by atoms with Gasteiger partial charge in [-0.2, -0.15) is 0 Å². The quantitative estimate of drug-likeness (QED) is 0.576. The molecule has 0 fully saturated rings. The third-order valence-corrected chi connectivity index (χ3v) is 3.93. The highest BCUT2D eigenvalue weighted by molar-refractivity contribution is 14.1. The molecule has 2 aromatic rings. The third-order valence-electron chi connectivity index (χ3n) is 3.08. The van der Waals surface area contributed by atoms with Crippen LogP contribution in [0.5, 0.6) is 23.0 Å². The summed E-state index contributed by atoms with van der Waals surface area (Å²) >= 11 is 2.17. The Morgan fingerprint density at radius 1 is 0.955 bits per heavy atom. The van der Waals surface area contributed by atoms with Crippen LogP contribution >= 0.6 is 22.6 Å². The molecule has 2 aromatic carbocycles. The Kier molecular flexibility index (Phi) is 5.73. The van der Waals surface area contributed by atoms with Crippen LogP contribution in [0.25, 0.3) is 11.1 Å². The van der Waals surface area contributed by atoms with E-state index in [1.54, 1.807) is 32.4 Å². The summed E-state index contributed by atoms with van der Waals surface area (Å²) in [6.45, 7) is 0.0744. The minimum Gasteiger partial charge on any atom is -0.507 e. The Morgan fingerprint density at radius 3 is 2.36 bits per heavy atom. The van der Waals surface area contributed by atoms with Crippen LogP contribution in [0, 0.1) is 3.57 Å². The van der Waals surface area contributed by atoms with Gasteiger partial charge in [0.05, 0.1) is 28.9 Å². The van der Waals surface area contributed by atoms with E-state index in [0.717, 1.165) is 3.57 Å². The minimum absolute atomic E-state index is 0.0744. The number of aromatic hydroxyl groups is 1. The van der Waals surface area contributed by atoms with Crippen LogP contribution < -0.4 is 14.2 Å². The molecule has 0 aliphatic rings. The van der Waals surface area contributed by atoms with Crippen molar-refractivity contribution < 1.29 is 24.1 Å². The predicted molar refractivity (Wildman–Crippen MR) is 91.9 cm³/mol. The molecule has 1 N–H and O–H groups in total. The number of hydrogen-bond acceptors (Lipinski definition) is 5. The summed E-state index contributed by atoms with van der Waals surface area (Å²) in [6, 6.07) is 8.76. The van der Waals surface area contributed by atoms with Crippen LogP contribution in [0.3, 0.4) is 0 Å². The molecule has 0 amide bonds. The molecular weight excluding hydrogens is 399 g/mol. The maximum Gasteiger partial charge on any atom is 0.188 e. The first kappa shape index (κ1) is 16.7. The van der Waals surface area contributed by atoms with Crippen molar-refractivity contribution in [1.82, 2.24) is 0 Å². The smallest absolute Gasteiger partial charge is 0.188 e. The Morgan fingerprint density at radius 2 is 1.73 bits per heavy atom. The van der Waals surface area contributed by atoms with E-state index >= 15 is 0 Å². The standard InChI is InChI=1S/C16H17IO5/c1-19-9-22-13-6-4-5-11(18)14(13)15-12(20-2)8-7-10(17)16(15)21-3/h4-8,18H,9H2,1-3H3. The second-order valence-corrected chi connectivity index (χ2v) is 5.52. The van der Waals surface area contributed by atoms with Gasteiger partial charge in [-0.25, -0.2) is 0 Å². The number of benzene rings is 2. The van der Waals surface area contributed by atoms with Crippen molar-refractivity contribution in [3.63, 3.8) is 0 Å². The van der Waals surface area contributed by atoms with Gasteiger partial charge in [0.2, 0.25) is 0 Å². The number of methoxy groups -OCH3 is 3. The molecule has 0 radical (unpaired) electrons. The van der Waals surface area contributed by atoms with Crippen molar-refractivity contribution in [2.24, 2.45) is 0 Å². The lowest BCUT2D eigenvalue weighted by Gasteiger charge is -2.18. The first-order valence-electron chi connectivity index (χ1n) is 6.48. The fourth-order valence-corrected chi connectivity index (χ4v) is 2.83. The molecule has 0 saturated carbocycles. The number of rotatable bonds is 6. The fraction of sp³-hybridized carbons (Fsp3) is 0.250. The minimum atomic E-state index is 0.0744. The van der Waals surface area contributed by atoms with E-state index in [4.69, 9.17) is 18.9 Å². The van der Waals surface area contributed by atoms with Crippen LogP contribution in [-0.4, -0.2) is 33.2 Å². The average Bonchev–Trinajstić information content (AvgIpc) is 2.52. The summed E-state index contributed by atoms with van der Waals surface area (Å²) in [4.78, 5) is 0. The van der Waals surface area contributed by atoms with Gasteiger partial charge in [-0.1, -0.05) is 6.07 Å². The monoisotopic (exact) mass is 416 g/mol. The van der Waals surface area contributed by atoms with Gasteiger partial charge in [0, 0.05) is 7.11 Å². The Balaban J connectivity index is 2.72. The lowest BCUT2D eigenvalue weighted by molar-refractivity contribution is 0.0514. The van der Waals surface area contributed by atoms with Gasteiger partial charge in [0.15, 0.2) is 6.79 Å². The summed E-state index contributed by atoms with van der Waals surface area (Å²) < 4.78 is 22.3. The van der Waals surface area contributed by atoms with E-state index in [2.05, 4.69) is 22.6 Å².